The van der Waals surface area contributed by atoms with Crippen molar-refractivity contribution in [2.75, 3.05) is 21.3 Å². The summed E-state index contributed by atoms with van der Waals surface area (Å²) in [5, 5.41) is 3.50. The van der Waals surface area contributed by atoms with Gasteiger partial charge in [-0.25, -0.2) is 0 Å². The third kappa shape index (κ3) is 1.65. The van der Waals surface area contributed by atoms with Crippen molar-refractivity contribution < 1.29 is 14.2 Å². The lowest BCUT2D eigenvalue weighted by Crippen LogP contribution is -2.57. The molecule has 23 heavy (non-hydrogen) atoms. The van der Waals surface area contributed by atoms with Crippen LogP contribution in [0.1, 0.15) is 17.5 Å². The molecular weight excluding hydrogens is 290 g/mol. The molecule has 1 aliphatic heterocycles. The standard InChI is InChI=1S/C19H23NO3/c1-5-19-12-7-9-15(22-4)18(19)23-17-14(21-3)8-6-11(16(17)19)10-13(12)20-2/h5-6,8-9,12-13,18,20H,1,7,10H2,2-4H3/t12-,13-,18+,19-/m1/s1. The average molecular weight is 313 g/mol. The average Bonchev–Trinajstić information content (AvgIpc) is 2.96. The molecule has 0 amide bonds. The second kappa shape index (κ2) is 5.03. The number of ether oxygens (including phenoxy) is 3. The van der Waals surface area contributed by atoms with Gasteiger partial charge in [0.15, 0.2) is 17.6 Å². The quantitative estimate of drug-likeness (QED) is 0.867. The summed E-state index contributed by atoms with van der Waals surface area (Å²) in [6.45, 7) is 4.20. The van der Waals surface area contributed by atoms with Crippen LogP contribution in [0, 0.1) is 5.92 Å². The van der Waals surface area contributed by atoms with E-state index in [1.54, 1.807) is 14.2 Å². The summed E-state index contributed by atoms with van der Waals surface area (Å²) in [5.41, 5.74) is 2.30. The van der Waals surface area contributed by atoms with Crippen molar-refractivity contribution in [3.05, 3.63) is 47.7 Å². The van der Waals surface area contributed by atoms with Crippen LogP contribution in [-0.4, -0.2) is 33.4 Å². The molecule has 122 valence electrons. The zero-order valence-electron chi connectivity index (χ0n) is 13.9. The van der Waals surface area contributed by atoms with Crippen molar-refractivity contribution in [3.8, 4) is 11.5 Å². The van der Waals surface area contributed by atoms with Crippen molar-refractivity contribution in [2.45, 2.75) is 30.4 Å². The molecule has 4 atom stereocenters. The van der Waals surface area contributed by atoms with Crippen LogP contribution in [0.4, 0.5) is 0 Å². The molecule has 2 aliphatic carbocycles. The Labute approximate surface area is 137 Å². The minimum atomic E-state index is -0.259. The van der Waals surface area contributed by atoms with E-state index in [4.69, 9.17) is 14.2 Å². The fourth-order valence-corrected chi connectivity index (χ4v) is 4.82. The van der Waals surface area contributed by atoms with Crippen LogP contribution in [0.3, 0.4) is 0 Å². The predicted octanol–water partition coefficient (Wildman–Crippen LogP) is 2.57. The number of hydrogen-bond donors (Lipinski definition) is 1. The number of likely N-dealkylation sites (N-methyl/N-ethyl adjacent to an activating group) is 1. The van der Waals surface area contributed by atoms with Crippen LogP contribution in [0.5, 0.6) is 11.5 Å². The van der Waals surface area contributed by atoms with E-state index in [-0.39, 0.29) is 11.5 Å². The molecule has 0 saturated heterocycles. The Bertz CT molecular complexity index is 696. The smallest absolute Gasteiger partial charge is 0.169 e. The lowest BCUT2D eigenvalue weighted by Gasteiger charge is -2.48. The van der Waals surface area contributed by atoms with Gasteiger partial charge in [-0.1, -0.05) is 12.1 Å². The van der Waals surface area contributed by atoms with Crippen molar-refractivity contribution in [3.63, 3.8) is 0 Å². The van der Waals surface area contributed by atoms with Gasteiger partial charge in [-0.3, -0.25) is 0 Å². The van der Waals surface area contributed by atoms with Crippen molar-refractivity contribution in [1.82, 2.24) is 5.32 Å². The lowest BCUT2D eigenvalue weighted by atomic mass is 9.56. The number of methoxy groups -OCH3 is 2. The highest BCUT2D eigenvalue weighted by molar-refractivity contribution is 5.63. The van der Waals surface area contributed by atoms with Crippen molar-refractivity contribution in [1.29, 1.82) is 0 Å². The van der Waals surface area contributed by atoms with Gasteiger partial charge in [-0.15, -0.1) is 6.58 Å². The molecule has 0 bridgehead atoms. The van der Waals surface area contributed by atoms with E-state index in [9.17, 15) is 0 Å². The van der Waals surface area contributed by atoms with Gasteiger partial charge in [-0.05, 0) is 43.5 Å². The Kier molecular flexibility index (Phi) is 3.20. The fourth-order valence-electron chi connectivity index (χ4n) is 4.82. The van der Waals surface area contributed by atoms with Gasteiger partial charge in [0.2, 0.25) is 0 Å². The summed E-state index contributed by atoms with van der Waals surface area (Å²) in [7, 11) is 5.44. The number of hydrogen-bond acceptors (Lipinski definition) is 4. The van der Waals surface area contributed by atoms with Gasteiger partial charge in [-0.2, -0.15) is 0 Å². The molecule has 4 rings (SSSR count). The van der Waals surface area contributed by atoms with E-state index < -0.39 is 0 Å². The zero-order valence-corrected chi connectivity index (χ0v) is 13.9. The molecule has 0 aromatic heterocycles. The SMILES string of the molecule is C=C[C@@]12c3c4ccc(OC)c3O[C@H]1C(OC)=CC[C@@H]2[C@H](NC)C4. The Balaban J connectivity index is 2.02. The topological polar surface area (TPSA) is 39.7 Å². The monoisotopic (exact) mass is 313 g/mol. The second-order valence-electron chi connectivity index (χ2n) is 6.52. The molecule has 0 saturated carbocycles. The number of benzene rings is 1. The molecule has 1 N–H and O–H groups in total. The first kappa shape index (κ1) is 14.6. The minimum absolute atomic E-state index is 0.162. The Morgan fingerprint density at radius 3 is 2.83 bits per heavy atom. The van der Waals surface area contributed by atoms with E-state index in [1.807, 2.05) is 13.1 Å². The summed E-state index contributed by atoms with van der Waals surface area (Å²) in [6.07, 6.45) is 6.04. The van der Waals surface area contributed by atoms with Crippen LogP contribution >= 0.6 is 0 Å². The molecule has 4 heteroatoms. The van der Waals surface area contributed by atoms with Crippen LogP contribution in [0.2, 0.25) is 0 Å². The summed E-state index contributed by atoms with van der Waals surface area (Å²) in [4.78, 5) is 0. The third-order valence-corrected chi connectivity index (χ3v) is 5.85. The maximum absolute atomic E-state index is 6.40. The van der Waals surface area contributed by atoms with Gasteiger partial charge < -0.3 is 19.5 Å². The highest BCUT2D eigenvalue weighted by Gasteiger charge is 2.61. The number of allylic oxidation sites excluding steroid dienone is 1. The van der Waals surface area contributed by atoms with Crippen LogP contribution in [-0.2, 0) is 16.6 Å². The molecule has 1 aromatic carbocycles. The largest absolute Gasteiger partial charge is 0.497 e. The molecule has 3 aliphatic rings. The molecule has 0 radical (unpaired) electrons. The summed E-state index contributed by atoms with van der Waals surface area (Å²) >= 11 is 0. The molecule has 1 heterocycles. The highest BCUT2D eigenvalue weighted by atomic mass is 16.6. The summed E-state index contributed by atoms with van der Waals surface area (Å²) in [6, 6.07) is 4.56. The van der Waals surface area contributed by atoms with E-state index in [1.165, 1.54) is 11.1 Å². The summed E-state index contributed by atoms with van der Waals surface area (Å²) < 4.78 is 17.6. The molecule has 1 aromatic rings. The van der Waals surface area contributed by atoms with Crippen LogP contribution < -0.4 is 14.8 Å². The van der Waals surface area contributed by atoms with E-state index in [0.29, 0.717) is 12.0 Å². The van der Waals surface area contributed by atoms with Crippen molar-refractivity contribution in [2.24, 2.45) is 5.92 Å². The first-order valence-electron chi connectivity index (χ1n) is 8.13. The normalized spacial score (nSPS) is 33.3. The molecule has 0 spiro atoms. The lowest BCUT2D eigenvalue weighted by molar-refractivity contribution is 0.0677. The zero-order chi connectivity index (χ0) is 16.2. The second-order valence-corrected chi connectivity index (χ2v) is 6.52. The van der Waals surface area contributed by atoms with E-state index in [0.717, 1.165) is 30.1 Å². The molecule has 0 fully saturated rings. The molecule has 4 nitrogen and oxygen atoms in total. The van der Waals surface area contributed by atoms with Crippen molar-refractivity contribution >= 4 is 0 Å². The first-order chi connectivity index (χ1) is 11.2. The Morgan fingerprint density at radius 2 is 2.17 bits per heavy atom. The maximum atomic E-state index is 6.40. The summed E-state index contributed by atoms with van der Waals surface area (Å²) in [5.74, 6) is 2.94. The molecular formula is C19H23NO3. The van der Waals surface area contributed by atoms with Gasteiger partial charge in [0.25, 0.3) is 0 Å². The maximum Gasteiger partial charge on any atom is 0.169 e. The van der Waals surface area contributed by atoms with Crippen LogP contribution in [0.15, 0.2) is 36.6 Å². The van der Waals surface area contributed by atoms with Gasteiger partial charge >= 0.3 is 0 Å². The van der Waals surface area contributed by atoms with E-state index >= 15 is 0 Å². The number of rotatable bonds is 4. The minimum Gasteiger partial charge on any atom is -0.497 e. The highest BCUT2D eigenvalue weighted by Crippen LogP contribution is 2.60. The van der Waals surface area contributed by atoms with Gasteiger partial charge in [0, 0.05) is 11.6 Å². The van der Waals surface area contributed by atoms with E-state index in [2.05, 4.69) is 30.1 Å². The molecule has 0 unspecified atom stereocenters. The predicted molar refractivity (Wildman–Crippen MR) is 89.0 cm³/mol. The van der Waals surface area contributed by atoms with Gasteiger partial charge in [0.1, 0.15) is 5.76 Å². The first-order valence-corrected chi connectivity index (χ1v) is 8.13. The number of nitrogens with one attached hydrogen (secondary N) is 1. The fraction of sp³-hybridized carbons (Fsp3) is 0.474. The Morgan fingerprint density at radius 1 is 1.35 bits per heavy atom. The van der Waals surface area contributed by atoms with Gasteiger partial charge in [0.05, 0.1) is 19.6 Å². The Hall–Kier alpha value is -1.94. The third-order valence-electron chi connectivity index (χ3n) is 5.85. The van der Waals surface area contributed by atoms with Crippen LogP contribution in [0.25, 0.3) is 0 Å².